The third-order valence-corrected chi connectivity index (χ3v) is 6.57. The van der Waals surface area contributed by atoms with Gasteiger partial charge in [-0.15, -0.1) is 11.3 Å². The summed E-state index contributed by atoms with van der Waals surface area (Å²) >= 11 is 1.37. The lowest BCUT2D eigenvalue weighted by molar-refractivity contribution is 0.00578. The molecule has 1 aliphatic rings. The lowest BCUT2D eigenvalue weighted by Crippen LogP contribution is -2.46. The second-order valence-electron chi connectivity index (χ2n) is 9.54. The van der Waals surface area contributed by atoms with E-state index in [-0.39, 0.29) is 6.61 Å². The molecule has 1 saturated heterocycles. The Hall–Kier alpha value is -2.10. The SMILES string of the molecule is COc1ccc(COC(=O)N(c2ncc(B3OC(C)(C)C(C)(C)O3)s2)C(C)(C)C)cc1. The van der Waals surface area contributed by atoms with Crippen LogP contribution in [0.4, 0.5) is 9.93 Å². The van der Waals surface area contributed by atoms with Crippen LogP contribution in [0.25, 0.3) is 0 Å². The Kier molecular flexibility index (Phi) is 6.42. The van der Waals surface area contributed by atoms with E-state index in [2.05, 4.69) is 4.98 Å². The molecule has 1 fully saturated rings. The van der Waals surface area contributed by atoms with Crippen molar-refractivity contribution in [1.82, 2.24) is 4.98 Å². The maximum absolute atomic E-state index is 13.0. The van der Waals surface area contributed by atoms with Gasteiger partial charge in [-0.25, -0.2) is 14.7 Å². The molecule has 1 aromatic heterocycles. The lowest BCUT2D eigenvalue weighted by atomic mass is 9.89. The molecule has 168 valence electrons. The standard InChI is InChI=1S/C22H31BN2O5S/c1-20(2,3)25(19(26)28-14-15-9-11-16(27-8)12-10-15)18-24-13-17(31-18)23-29-21(4,5)22(6,7)30-23/h9-13H,14H2,1-8H3. The maximum Gasteiger partial charge on any atom is 0.507 e. The minimum atomic E-state index is -0.526. The predicted molar refractivity (Wildman–Crippen MR) is 123 cm³/mol. The molecule has 0 spiro atoms. The van der Waals surface area contributed by atoms with Crippen LogP contribution in [0.5, 0.6) is 5.75 Å². The number of benzene rings is 1. The molecular formula is C22H31BN2O5S. The fourth-order valence-corrected chi connectivity index (χ4v) is 4.07. The molecular weight excluding hydrogens is 415 g/mol. The summed E-state index contributed by atoms with van der Waals surface area (Å²) in [5.74, 6) is 0.754. The van der Waals surface area contributed by atoms with Gasteiger partial charge in [-0.05, 0) is 66.2 Å². The van der Waals surface area contributed by atoms with Crippen molar-refractivity contribution in [2.45, 2.75) is 71.8 Å². The van der Waals surface area contributed by atoms with Gasteiger partial charge in [-0.2, -0.15) is 0 Å². The van der Waals surface area contributed by atoms with Crippen molar-refractivity contribution in [1.29, 1.82) is 0 Å². The van der Waals surface area contributed by atoms with E-state index < -0.39 is 30.0 Å². The van der Waals surface area contributed by atoms with E-state index in [9.17, 15) is 4.79 Å². The minimum Gasteiger partial charge on any atom is -0.497 e. The van der Waals surface area contributed by atoms with Gasteiger partial charge in [0.15, 0.2) is 5.13 Å². The average Bonchev–Trinajstić information content (AvgIpc) is 3.21. The summed E-state index contributed by atoms with van der Waals surface area (Å²) in [6, 6.07) is 7.41. The van der Waals surface area contributed by atoms with Gasteiger partial charge in [-0.3, -0.25) is 0 Å². The molecule has 2 heterocycles. The Labute approximate surface area is 188 Å². The van der Waals surface area contributed by atoms with E-state index in [1.807, 2.05) is 72.7 Å². The molecule has 0 bridgehead atoms. The zero-order chi connectivity index (χ0) is 23.0. The van der Waals surface area contributed by atoms with Crippen molar-refractivity contribution in [2.24, 2.45) is 0 Å². The van der Waals surface area contributed by atoms with E-state index >= 15 is 0 Å². The van der Waals surface area contributed by atoms with E-state index in [0.717, 1.165) is 16.1 Å². The maximum atomic E-state index is 13.0. The van der Waals surface area contributed by atoms with Crippen molar-refractivity contribution in [3.05, 3.63) is 36.0 Å². The summed E-state index contributed by atoms with van der Waals surface area (Å²) in [4.78, 5) is 19.1. The quantitative estimate of drug-likeness (QED) is 0.635. The second kappa shape index (κ2) is 8.45. The lowest BCUT2D eigenvalue weighted by Gasteiger charge is -2.32. The largest absolute Gasteiger partial charge is 0.507 e. The first-order valence-corrected chi connectivity index (χ1v) is 11.1. The Balaban J connectivity index is 1.75. The first-order valence-electron chi connectivity index (χ1n) is 10.3. The minimum absolute atomic E-state index is 0.158. The van der Waals surface area contributed by atoms with Gasteiger partial charge in [-0.1, -0.05) is 12.1 Å². The summed E-state index contributed by atoms with van der Waals surface area (Å²) in [7, 11) is 1.09. The molecule has 0 atom stereocenters. The topological polar surface area (TPSA) is 70.1 Å². The Morgan fingerprint density at radius 2 is 1.71 bits per heavy atom. The Bertz CT molecular complexity index is 905. The monoisotopic (exact) mass is 446 g/mol. The highest BCUT2D eigenvalue weighted by Crippen LogP contribution is 2.37. The van der Waals surface area contributed by atoms with Crippen LogP contribution in [0, 0.1) is 0 Å². The van der Waals surface area contributed by atoms with Gasteiger partial charge >= 0.3 is 13.2 Å². The first-order chi connectivity index (χ1) is 14.3. The van der Waals surface area contributed by atoms with Gasteiger partial charge < -0.3 is 18.8 Å². The molecule has 3 rings (SSSR count). The van der Waals surface area contributed by atoms with E-state index in [1.54, 1.807) is 18.2 Å². The van der Waals surface area contributed by atoms with Crippen LogP contribution in [0.1, 0.15) is 54.0 Å². The Morgan fingerprint density at radius 1 is 1.13 bits per heavy atom. The van der Waals surface area contributed by atoms with Crippen molar-refractivity contribution in [2.75, 3.05) is 12.0 Å². The number of methoxy groups -OCH3 is 1. The fourth-order valence-electron chi connectivity index (χ4n) is 3.02. The van der Waals surface area contributed by atoms with Crippen molar-refractivity contribution >= 4 is 34.5 Å². The van der Waals surface area contributed by atoms with E-state index in [4.69, 9.17) is 18.8 Å². The number of anilines is 1. The van der Waals surface area contributed by atoms with Crippen molar-refractivity contribution in [3.8, 4) is 5.75 Å². The number of rotatable bonds is 5. The number of carbonyl (C=O) groups excluding carboxylic acids is 1. The van der Waals surface area contributed by atoms with Gasteiger partial charge in [0.1, 0.15) is 12.4 Å². The number of aromatic nitrogens is 1. The van der Waals surface area contributed by atoms with Gasteiger partial charge in [0, 0.05) is 11.7 Å². The predicted octanol–water partition coefficient (Wildman–Crippen LogP) is 4.39. The van der Waals surface area contributed by atoms with Crippen LogP contribution in [0.2, 0.25) is 0 Å². The molecule has 0 unspecified atom stereocenters. The zero-order valence-corrected chi connectivity index (χ0v) is 20.3. The van der Waals surface area contributed by atoms with E-state index in [1.165, 1.54) is 11.3 Å². The van der Waals surface area contributed by atoms with Crippen molar-refractivity contribution < 1.29 is 23.6 Å². The van der Waals surface area contributed by atoms with Gasteiger partial charge in [0.05, 0.1) is 23.1 Å². The molecule has 0 aliphatic carbocycles. The highest BCUT2D eigenvalue weighted by Gasteiger charge is 2.52. The molecule has 1 aromatic carbocycles. The van der Waals surface area contributed by atoms with Gasteiger partial charge in [0.25, 0.3) is 0 Å². The van der Waals surface area contributed by atoms with Crippen molar-refractivity contribution in [3.63, 3.8) is 0 Å². The molecule has 1 aliphatic heterocycles. The summed E-state index contributed by atoms with van der Waals surface area (Å²) in [6.07, 6.45) is 1.25. The number of thiazole rings is 1. The van der Waals surface area contributed by atoms with Crippen LogP contribution in [0.15, 0.2) is 30.5 Å². The summed E-state index contributed by atoms with van der Waals surface area (Å²) < 4.78 is 23.8. The van der Waals surface area contributed by atoms with Crippen LogP contribution in [-0.4, -0.2) is 42.0 Å². The van der Waals surface area contributed by atoms with Crippen LogP contribution >= 0.6 is 11.3 Å². The molecule has 0 saturated carbocycles. The molecule has 31 heavy (non-hydrogen) atoms. The first kappa shape index (κ1) is 23.6. The molecule has 2 aromatic rings. The number of hydrogen-bond acceptors (Lipinski definition) is 7. The normalized spacial score (nSPS) is 17.5. The number of ether oxygens (including phenoxy) is 2. The van der Waals surface area contributed by atoms with Crippen LogP contribution < -0.4 is 14.4 Å². The summed E-state index contributed by atoms with van der Waals surface area (Å²) in [6.45, 7) is 14.0. The highest BCUT2D eigenvalue weighted by atomic mass is 32.1. The molecule has 9 heteroatoms. The molecule has 7 nitrogen and oxygen atoms in total. The molecule has 0 radical (unpaired) electrons. The van der Waals surface area contributed by atoms with Crippen LogP contribution in [0.3, 0.4) is 0 Å². The second-order valence-corrected chi connectivity index (χ2v) is 10.6. The smallest absolute Gasteiger partial charge is 0.497 e. The summed E-state index contributed by atoms with van der Waals surface area (Å²) in [5.41, 5.74) is -0.534. The highest BCUT2D eigenvalue weighted by molar-refractivity contribution is 7.25. The number of hydrogen-bond donors (Lipinski definition) is 0. The third-order valence-electron chi connectivity index (χ3n) is 5.56. The number of carbonyl (C=O) groups is 1. The number of amides is 1. The number of nitrogens with zero attached hydrogens (tertiary/aromatic N) is 2. The molecule has 0 N–H and O–H groups in total. The molecule has 1 amide bonds. The van der Waals surface area contributed by atoms with Crippen LogP contribution in [-0.2, 0) is 20.7 Å². The average molecular weight is 446 g/mol. The van der Waals surface area contributed by atoms with E-state index in [0.29, 0.717) is 5.13 Å². The zero-order valence-electron chi connectivity index (χ0n) is 19.5. The van der Waals surface area contributed by atoms with Gasteiger partial charge in [0.2, 0.25) is 0 Å². The summed E-state index contributed by atoms with van der Waals surface area (Å²) in [5, 5.41) is 0.539. The third kappa shape index (κ3) is 5.05. The fraction of sp³-hybridized carbons (Fsp3) is 0.545. The Morgan fingerprint density at radius 3 is 2.23 bits per heavy atom.